The highest BCUT2D eigenvalue weighted by molar-refractivity contribution is 5.88. The Kier molecular flexibility index (Phi) is 3.19. The van der Waals surface area contributed by atoms with Crippen molar-refractivity contribution in [2.75, 3.05) is 17.3 Å². The average molecular weight is 303 g/mol. The highest BCUT2D eigenvalue weighted by Crippen LogP contribution is 2.41. The molecular weight excluding hydrogens is 286 g/mol. The Morgan fingerprint density at radius 3 is 2.70 bits per heavy atom. The molecule has 4 rings (SSSR count). The van der Waals surface area contributed by atoms with Gasteiger partial charge in [-0.15, -0.1) is 0 Å². The lowest BCUT2D eigenvalue weighted by molar-refractivity contribution is 0.871. The van der Waals surface area contributed by atoms with Crippen LogP contribution in [0.15, 0.2) is 55.0 Å². The minimum atomic E-state index is 0.233. The summed E-state index contributed by atoms with van der Waals surface area (Å²) in [6, 6.07) is 12.5. The lowest BCUT2D eigenvalue weighted by Crippen LogP contribution is -2.20. The number of rotatable bonds is 2. The van der Waals surface area contributed by atoms with Gasteiger partial charge in [0.1, 0.15) is 0 Å². The summed E-state index contributed by atoms with van der Waals surface area (Å²) in [6.45, 7) is 2.17. The summed E-state index contributed by atoms with van der Waals surface area (Å²) in [5.41, 5.74) is 4.42. The second-order valence-electron chi connectivity index (χ2n) is 5.67. The van der Waals surface area contributed by atoms with Gasteiger partial charge in [0.05, 0.1) is 11.4 Å². The fourth-order valence-electron chi connectivity index (χ4n) is 2.92. The van der Waals surface area contributed by atoms with Crippen molar-refractivity contribution in [3.05, 3.63) is 66.2 Å². The van der Waals surface area contributed by atoms with Gasteiger partial charge < -0.3 is 10.2 Å². The van der Waals surface area contributed by atoms with Gasteiger partial charge in [-0.25, -0.2) is 9.97 Å². The number of hydrogen-bond donors (Lipinski definition) is 1. The molecule has 3 heterocycles. The SMILES string of the molecule is CC(c1ccc2c(c1)Nc1nccnc1N2C)c1ccccn1. The highest BCUT2D eigenvalue weighted by atomic mass is 15.3. The van der Waals surface area contributed by atoms with Gasteiger partial charge in [-0.1, -0.05) is 19.1 Å². The normalized spacial score (nSPS) is 13.7. The molecule has 0 bridgehead atoms. The Morgan fingerprint density at radius 1 is 1.00 bits per heavy atom. The van der Waals surface area contributed by atoms with E-state index in [1.54, 1.807) is 12.4 Å². The minimum Gasteiger partial charge on any atom is -0.335 e. The van der Waals surface area contributed by atoms with Gasteiger partial charge in [-0.05, 0) is 29.8 Å². The van der Waals surface area contributed by atoms with Crippen molar-refractivity contribution >= 4 is 23.0 Å². The number of hydrogen-bond acceptors (Lipinski definition) is 5. The van der Waals surface area contributed by atoms with E-state index in [1.807, 2.05) is 25.4 Å². The van der Waals surface area contributed by atoms with Crippen LogP contribution in [0.1, 0.15) is 24.1 Å². The quantitative estimate of drug-likeness (QED) is 0.779. The number of anilines is 4. The first kappa shape index (κ1) is 13.7. The van der Waals surface area contributed by atoms with E-state index in [0.717, 1.165) is 28.7 Å². The van der Waals surface area contributed by atoms with E-state index in [-0.39, 0.29) is 5.92 Å². The van der Waals surface area contributed by atoms with Crippen LogP contribution in [0.2, 0.25) is 0 Å². The van der Waals surface area contributed by atoms with E-state index >= 15 is 0 Å². The first-order chi connectivity index (χ1) is 11.2. The molecule has 0 amide bonds. The molecule has 0 radical (unpaired) electrons. The van der Waals surface area contributed by atoms with Gasteiger partial charge in [0.15, 0.2) is 11.6 Å². The van der Waals surface area contributed by atoms with Gasteiger partial charge >= 0.3 is 0 Å². The molecule has 0 saturated heterocycles. The largest absolute Gasteiger partial charge is 0.335 e. The van der Waals surface area contributed by atoms with Gasteiger partial charge in [0, 0.05) is 37.3 Å². The molecule has 1 aliphatic heterocycles. The second kappa shape index (κ2) is 5.35. The van der Waals surface area contributed by atoms with Crippen molar-refractivity contribution in [1.82, 2.24) is 15.0 Å². The van der Waals surface area contributed by atoms with E-state index in [0.29, 0.717) is 0 Å². The zero-order valence-corrected chi connectivity index (χ0v) is 13.1. The van der Waals surface area contributed by atoms with Crippen LogP contribution in [0.5, 0.6) is 0 Å². The van der Waals surface area contributed by atoms with Crippen LogP contribution >= 0.6 is 0 Å². The molecule has 114 valence electrons. The summed E-state index contributed by atoms with van der Waals surface area (Å²) >= 11 is 0. The van der Waals surface area contributed by atoms with E-state index in [1.165, 1.54) is 5.56 Å². The minimum absolute atomic E-state index is 0.233. The van der Waals surface area contributed by atoms with Crippen molar-refractivity contribution in [1.29, 1.82) is 0 Å². The van der Waals surface area contributed by atoms with Crippen LogP contribution in [0.3, 0.4) is 0 Å². The molecule has 5 nitrogen and oxygen atoms in total. The standard InChI is InChI=1S/C18H17N5/c1-12(14-5-3-4-8-19-14)13-6-7-16-15(11-13)22-17-18(23(16)2)21-10-9-20-17/h3-12H,1-2H3,(H,20,22). The van der Waals surface area contributed by atoms with Crippen molar-refractivity contribution in [3.8, 4) is 0 Å². The van der Waals surface area contributed by atoms with Crippen molar-refractivity contribution in [3.63, 3.8) is 0 Å². The van der Waals surface area contributed by atoms with Crippen LogP contribution in [-0.4, -0.2) is 22.0 Å². The fourth-order valence-corrected chi connectivity index (χ4v) is 2.92. The van der Waals surface area contributed by atoms with E-state index < -0.39 is 0 Å². The zero-order valence-electron chi connectivity index (χ0n) is 13.1. The predicted octanol–water partition coefficient (Wildman–Crippen LogP) is 3.85. The highest BCUT2D eigenvalue weighted by Gasteiger charge is 2.22. The molecule has 5 heteroatoms. The lowest BCUT2D eigenvalue weighted by atomic mass is 9.96. The molecule has 1 atom stereocenters. The summed E-state index contributed by atoms with van der Waals surface area (Å²) in [5, 5.41) is 3.38. The van der Waals surface area contributed by atoms with Crippen molar-refractivity contribution in [2.45, 2.75) is 12.8 Å². The maximum Gasteiger partial charge on any atom is 0.176 e. The van der Waals surface area contributed by atoms with E-state index in [4.69, 9.17) is 0 Å². The molecular formula is C18H17N5. The Balaban J connectivity index is 1.73. The van der Waals surface area contributed by atoms with Crippen molar-refractivity contribution in [2.24, 2.45) is 0 Å². The number of pyridine rings is 1. The Bertz CT molecular complexity index is 847. The van der Waals surface area contributed by atoms with Gasteiger partial charge in [0.25, 0.3) is 0 Å². The van der Waals surface area contributed by atoms with Gasteiger partial charge in [0.2, 0.25) is 0 Å². The third-order valence-electron chi connectivity index (χ3n) is 4.26. The molecule has 1 unspecified atom stereocenters. The number of fused-ring (bicyclic) bond motifs is 2. The van der Waals surface area contributed by atoms with E-state index in [2.05, 4.69) is 56.4 Å². The molecule has 1 N–H and O–H groups in total. The van der Waals surface area contributed by atoms with Crippen LogP contribution in [0.25, 0.3) is 0 Å². The Hall–Kier alpha value is -2.95. The van der Waals surface area contributed by atoms with Crippen LogP contribution < -0.4 is 10.2 Å². The molecule has 0 aliphatic carbocycles. The first-order valence-electron chi connectivity index (χ1n) is 7.60. The topological polar surface area (TPSA) is 53.9 Å². The number of benzene rings is 1. The number of aromatic nitrogens is 3. The maximum atomic E-state index is 4.46. The lowest BCUT2D eigenvalue weighted by Gasteiger charge is -2.29. The molecule has 23 heavy (non-hydrogen) atoms. The van der Waals surface area contributed by atoms with Gasteiger partial charge in [-0.2, -0.15) is 0 Å². The third kappa shape index (κ3) is 2.30. The summed E-state index contributed by atoms with van der Waals surface area (Å²) in [6.07, 6.45) is 5.24. The summed E-state index contributed by atoms with van der Waals surface area (Å²) in [4.78, 5) is 15.3. The fraction of sp³-hybridized carbons (Fsp3) is 0.167. The molecule has 0 spiro atoms. The number of nitrogens with one attached hydrogen (secondary N) is 1. The van der Waals surface area contributed by atoms with Gasteiger partial charge in [-0.3, -0.25) is 4.98 Å². The molecule has 1 aromatic carbocycles. The molecule has 2 aromatic heterocycles. The molecule has 0 fully saturated rings. The first-order valence-corrected chi connectivity index (χ1v) is 7.60. The third-order valence-corrected chi connectivity index (χ3v) is 4.26. The Morgan fingerprint density at radius 2 is 1.87 bits per heavy atom. The predicted molar refractivity (Wildman–Crippen MR) is 91.6 cm³/mol. The molecule has 1 aliphatic rings. The Labute approximate surface area is 135 Å². The van der Waals surface area contributed by atoms with E-state index in [9.17, 15) is 0 Å². The maximum absolute atomic E-state index is 4.46. The average Bonchev–Trinajstić information content (AvgIpc) is 2.61. The molecule has 0 saturated carbocycles. The van der Waals surface area contributed by atoms with Crippen LogP contribution in [-0.2, 0) is 0 Å². The number of nitrogens with zero attached hydrogens (tertiary/aromatic N) is 4. The van der Waals surface area contributed by atoms with Crippen molar-refractivity contribution < 1.29 is 0 Å². The smallest absolute Gasteiger partial charge is 0.176 e. The second-order valence-corrected chi connectivity index (χ2v) is 5.67. The molecule has 3 aromatic rings. The summed E-state index contributed by atoms with van der Waals surface area (Å²) < 4.78 is 0. The summed E-state index contributed by atoms with van der Waals surface area (Å²) in [7, 11) is 2.01. The monoisotopic (exact) mass is 303 g/mol. The summed E-state index contributed by atoms with van der Waals surface area (Å²) in [5.74, 6) is 1.85. The zero-order chi connectivity index (χ0) is 15.8. The van der Waals surface area contributed by atoms with Crippen LogP contribution in [0, 0.1) is 0 Å². The van der Waals surface area contributed by atoms with Crippen LogP contribution in [0.4, 0.5) is 23.0 Å².